The number of carbonyl (C=O) groups excluding carboxylic acids is 1. The number of aromatic nitrogens is 2. The molecule has 7 heteroatoms. The molecule has 0 saturated carbocycles. The Morgan fingerprint density at radius 2 is 2.10 bits per heavy atom. The summed E-state index contributed by atoms with van der Waals surface area (Å²) in [5.74, 6) is 0.874. The fraction of sp³-hybridized carbons (Fsp3) is 0.318. The van der Waals surface area contributed by atoms with Crippen LogP contribution in [0.25, 0.3) is 10.3 Å². The van der Waals surface area contributed by atoms with Crippen molar-refractivity contribution in [1.29, 1.82) is 0 Å². The van der Waals surface area contributed by atoms with Gasteiger partial charge >= 0.3 is 0 Å². The molecule has 1 aliphatic heterocycles. The highest BCUT2D eigenvalue weighted by Crippen LogP contribution is 2.30. The number of pyridine rings is 1. The van der Waals surface area contributed by atoms with E-state index in [4.69, 9.17) is 4.74 Å². The van der Waals surface area contributed by atoms with Crippen molar-refractivity contribution in [3.05, 3.63) is 60.4 Å². The highest BCUT2D eigenvalue weighted by molar-refractivity contribution is 7.19. The maximum Gasteiger partial charge on any atom is 0.281 e. The molecule has 6 nitrogen and oxygen atoms in total. The van der Waals surface area contributed by atoms with Gasteiger partial charge in [0.25, 0.3) is 5.19 Å². The Morgan fingerprint density at radius 3 is 2.83 bits per heavy atom. The summed E-state index contributed by atoms with van der Waals surface area (Å²) in [5, 5.41) is 0.597. The van der Waals surface area contributed by atoms with Gasteiger partial charge in [-0.2, -0.15) is 0 Å². The average molecular weight is 409 g/mol. The second-order valence-electron chi connectivity index (χ2n) is 7.31. The Labute approximate surface area is 174 Å². The summed E-state index contributed by atoms with van der Waals surface area (Å²) < 4.78 is 5.88. The van der Waals surface area contributed by atoms with Gasteiger partial charge in [0, 0.05) is 37.9 Å². The van der Waals surface area contributed by atoms with Crippen molar-refractivity contribution in [3.8, 4) is 10.9 Å². The summed E-state index contributed by atoms with van der Waals surface area (Å²) in [6.07, 6.45) is 2.67. The Bertz CT molecular complexity index is 998. The SMILES string of the molecule is C=C1CN(C(C)=O)[C@@H](C)CN1CCc1ccc(Oc2nc3cccnc3s2)cc1. The van der Waals surface area contributed by atoms with E-state index < -0.39 is 0 Å². The first-order chi connectivity index (χ1) is 14.0. The molecule has 1 saturated heterocycles. The summed E-state index contributed by atoms with van der Waals surface area (Å²) in [5.41, 5.74) is 3.09. The van der Waals surface area contributed by atoms with Crippen LogP contribution in [-0.2, 0) is 11.2 Å². The van der Waals surface area contributed by atoms with Crippen LogP contribution in [0.5, 0.6) is 10.9 Å². The molecule has 4 rings (SSSR count). The van der Waals surface area contributed by atoms with E-state index in [1.807, 2.05) is 29.2 Å². The molecule has 1 atom stereocenters. The topological polar surface area (TPSA) is 58.6 Å². The zero-order valence-electron chi connectivity index (χ0n) is 16.7. The van der Waals surface area contributed by atoms with Crippen LogP contribution < -0.4 is 4.74 Å². The third-order valence-corrected chi connectivity index (χ3v) is 6.02. The van der Waals surface area contributed by atoms with Crippen LogP contribution in [0.3, 0.4) is 0 Å². The first-order valence-electron chi connectivity index (χ1n) is 9.68. The Balaban J connectivity index is 1.34. The second-order valence-corrected chi connectivity index (χ2v) is 8.25. The van der Waals surface area contributed by atoms with E-state index in [0.717, 1.165) is 41.3 Å². The lowest BCUT2D eigenvalue weighted by Crippen LogP contribution is -2.52. The highest BCUT2D eigenvalue weighted by Gasteiger charge is 2.27. The van der Waals surface area contributed by atoms with Crippen molar-refractivity contribution in [1.82, 2.24) is 19.8 Å². The quantitative estimate of drug-likeness (QED) is 0.636. The summed E-state index contributed by atoms with van der Waals surface area (Å²) in [7, 11) is 0. The van der Waals surface area contributed by atoms with E-state index in [9.17, 15) is 4.79 Å². The summed E-state index contributed by atoms with van der Waals surface area (Å²) >= 11 is 1.44. The van der Waals surface area contributed by atoms with Crippen molar-refractivity contribution in [2.24, 2.45) is 0 Å². The minimum Gasteiger partial charge on any atom is -0.431 e. The van der Waals surface area contributed by atoms with Crippen LogP contribution in [0.2, 0.25) is 0 Å². The Kier molecular flexibility index (Phi) is 5.49. The number of fused-ring (bicyclic) bond motifs is 1. The fourth-order valence-corrected chi connectivity index (χ4v) is 4.33. The summed E-state index contributed by atoms with van der Waals surface area (Å²) in [6.45, 7) is 10.2. The van der Waals surface area contributed by atoms with Gasteiger partial charge in [-0.25, -0.2) is 9.97 Å². The number of nitrogens with zero attached hydrogens (tertiary/aromatic N) is 4. The minimum atomic E-state index is 0.109. The van der Waals surface area contributed by atoms with Gasteiger partial charge in [-0.15, -0.1) is 0 Å². The molecular weight excluding hydrogens is 384 g/mol. The monoisotopic (exact) mass is 408 g/mol. The Hall–Kier alpha value is -2.93. The van der Waals surface area contributed by atoms with Crippen molar-refractivity contribution in [2.75, 3.05) is 19.6 Å². The molecule has 2 aromatic heterocycles. The van der Waals surface area contributed by atoms with Gasteiger partial charge in [0.15, 0.2) is 0 Å². The molecule has 1 aromatic carbocycles. The molecular formula is C22H24N4O2S. The molecule has 0 aliphatic carbocycles. The van der Waals surface area contributed by atoms with Crippen molar-refractivity contribution in [3.63, 3.8) is 0 Å². The number of hydrogen-bond donors (Lipinski definition) is 0. The highest BCUT2D eigenvalue weighted by atomic mass is 32.1. The number of hydrogen-bond acceptors (Lipinski definition) is 6. The summed E-state index contributed by atoms with van der Waals surface area (Å²) in [6, 6.07) is 12.1. The molecule has 3 heterocycles. The molecule has 0 spiro atoms. The van der Waals surface area contributed by atoms with Crippen LogP contribution in [0.4, 0.5) is 0 Å². The maximum absolute atomic E-state index is 11.7. The molecule has 1 amide bonds. The van der Waals surface area contributed by atoms with Crippen molar-refractivity contribution >= 4 is 27.6 Å². The summed E-state index contributed by atoms with van der Waals surface area (Å²) in [4.78, 5) is 25.5. The molecule has 0 radical (unpaired) electrons. The molecule has 1 aliphatic rings. The molecule has 3 aromatic rings. The number of rotatable bonds is 5. The fourth-order valence-electron chi connectivity index (χ4n) is 3.55. The molecule has 0 bridgehead atoms. The lowest BCUT2D eigenvalue weighted by Gasteiger charge is -2.42. The molecule has 1 fully saturated rings. The predicted octanol–water partition coefficient (Wildman–Crippen LogP) is 4.09. The van der Waals surface area contributed by atoms with Crippen LogP contribution in [-0.4, -0.2) is 51.4 Å². The van der Waals surface area contributed by atoms with Gasteiger partial charge < -0.3 is 14.5 Å². The van der Waals surface area contributed by atoms with Gasteiger partial charge in [0.05, 0.1) is 6.54 Å². The smallest absolute Gasteiger partial charge is 0.281 e. The minimum absolute atomic E-state index is 0.109. The number of piperazine rings is 1. The van der Waals surface area contributed by atoms with Gasteiger partial charge in [0.2, 0.25) is 5.91 Å². The van der Waals surface area contributed by atoms with Crippen molar-refractivity contribution < 1.29 is 9.53 Å². The molecule has 0 unspecified atom stereocenters. The lowest BCUT2D eigenvalue weighted by molar-refractivity contribution is -0.132. The third kappa shape index (κ3) is 4.40. The number of benzene rings is 1. The number of ether oxygens (including phenoxy) is 1. The first-order valence-corrected chi connectivity index (χ1v) is 10.5. The van der Waals surface area contributed by atoms with E-state index in [1.54, 1.807) is 13.1 Å². The van der Waals surface area contributed by atoms with Crippen LogP contribution in [0, 0.1) is 0 Å². The van der Waals surface area contributed by atoms with Crippen LogP contribution >= 0.6 is 11.3 Å². The van der Waals surface area contributed by atoms with E-state index in [0.29, 0.717) is 11.7 Å². The third-order valence-electron chi connectivity index (χ3n) is 5.17. The van der Waals surface area contributed by atoms with Gasteiger partial charge in [-0.1, -0.05) is 30.0 Å². The van der Waals surface area contributed by atoms with E-state index >= 15 is 0 Å². The van der Waals surface area contributed by atoms with E-state index in [-0.39, 0.29) is 11.9 Å². The average Bonchev–Trinajstić information content (AvgIpc) is 3.11. The largest absolute Gasteiger partial charge is 0.431 e. The van der Waals surface area contributed by atoms with Gasteiger partial charge in [-0.3, -0.25) is 4.79 Å². The van der Waals surface area contributed by atoms with Crippen LogP contribution in [0.15, 0.2) is 54.9 Å². The predicted molar refractivity (Wildman–Crippen MR) is 115 cm³/mol. The molecule has 0 N–H and O–H groups in total. The lowest BCUT2D eigenvalue weighted by atomic mass is 10.1. The van der Waals surface area contributed by atoms with E-state index in [2.05, 4.69) is 40.5 Å². The van der Waals surface area contributed by atoms with Gasteiger partial charge in [0.1, 0.15) is 16.1 Å². The van der Waals surface area contributed by atoms with Crippen molar-refractivity contribution in [2.45, 2.75) is 26.3 Å². The number of carbonyl (C=O) groups is 1. The first kappa shape index (κ1) is 19.4. The zero-order valence-corrected chi connectivity index (χ0v) is 17.5. The maximum atomic E-state index is 11.7. The molecule has 150 valence electrons. The standard InChI is InChI=1S/C22H24N4O2S/c1-15-14-26(17(3)27)16(2)13-25(15)12-10-18-6-8-19(9-7-18)28-22-24-20-5-4-11-23-21(20)29-22/h4-9,11,16H,1,10,12-14H2,2-3H3/t16-/m0/s1. The molecule has 29 heavy (non-hydrogen) atoms. The number of amides is 1. The Morgan fingerprint density at radius 1 is 1.31 bits per heavy atom. The van der Waals surface area contributed by atoms with Crippen LogP contribution in [0.1, 0.15) is 19.4 Å². The number of thiazole rings is 1. The van der Waals surface area contributed by atoms with E-state index in [1.165, 1.54) is 16.9 Å². The normalized spacial score (nSPS) is 17.0. The second kappa shape index (κ2) is 8.21. The van der Waals surface area contributed by atoms with Gasteiger partial charge in [-0.05, 0) is 43.2 Å². The zero-order chi connectivity index (χ0) is 20.4.